The monoisotopic (exact) mass is 142 g/mol. The third-order valence-corrected chi connectivity index (χ3v) is 2.19. The number of hydrogen-bond donors (Lipinski definition) is 2. The molecule has 0 bridgehead atoms. The van der Waals surface area contributed by atoms with Gasteiger partial charge in [-0.15, -0.1) is 0 Å². The second kappa shape index (κ2) is 2.58. The van der Waals surface area contributed by atoms with Crippen LogP contribution in [0.25, 0.3) is 0 Å². The fraction of sp³-hybridized carbons (Fsp3) is 0.857. The second-order valence-corrected chi connectivity index (χ2v) is 3.21. The van der Waals surface area contributed by atoms with Crippen LogP contribution in [-0.2, 0) is 4.79 Å². The van der Waals surface area contributed by atoms with Gasteiger partial charge in [-0.2, -0.15) is 0 Å². The molecular formula is C7H14N2O. The van der Waals surface area contributed by atoms with Gasteiger partial charge in [0, 0.05) is 6.54 Å². The van der Waals surface area contributed by atoms with Crippen LogP contribution < -0.4 is 11.1 Å². The number of nitrogens with two attached hydrogens (primary N) is 1. The van der Waals surface area contributed by atoms with E-state index in [1.54, 1.807) is 0 Å². The minimum absolute atomic E-state index is 0.181. The Labute approximate surface area is 61.0 Å². The molecule has 3 heteroatoms. The van der Waals surface area contributed by atoms with Crippen molar-refractivity contribution >= 4 is 5.91 Å². The second-order valence-electron chi connectivity index (χ2n) is 3.21. The molecule has 10 heavy (non-hydrogen) atoms. The lowest BCUT2D eigenvalue weighted by Gasteiger charge is -2.30. The van der Waals surface area contributed by atoms with Crippen molar-refractivity contribution in [3.05, 3.63) is 0 Å². The van der Waals surface area contributed by atoms with Crippen molar-refractivity contribution in [3.8, 4) is 0 Å². The van der Waals surface area contributed by atoms with Crippen molar-refractivity contribution in [3.63, 3.8) is 0 Å². The lowest BCUT2D eigenvalue weighted by Crippen LogP contribution is -2.46. The van der Waals surface area contributed by atoms with Gasteiger partial charge in [0.25, 0.3) is 0 Å². The predicted molar refractivity (Wildman–Crippen MR) is 39.4 cm³/mol. The Morgan fingerprint density at radius 2 is 2.40 bits per heavy atom. The van der Waals surface area contributed by atoms with Crippen LogP contribution >= 0.6 is 0 Å². The number of rotatable bonds is 1. The van der Waals surface area contributed by atoms with Crippen LogP contribution in [0.1, 0.15) is 19.8 Å². The zero-order valence-electron chi connectivity index (χ0n) is 6.31. The van der Waals surface area contributed by atoms with Crippen molar-refractivity contribution in [2.75, 3.05) is 13.1 Å². The van der Waals surface area contributed by atoms with E-state index in [4.69, 9.17) is 5.73 Å². The van der Waals surface area contributed by atoms with Crippen LogP contribution in [0.4, 0.5) is 0 Å². The number of primary amides is 1. The lowest BCUT2D eigenvalue weighted by molar-refractivity contribution is -0.127. The number of piperidine rings is 1. The van der Waals surface area contributed by atoms with Gasteiger partial charge in [0.2, 0.25) is 5.91 Å². The molecule has 1 aliphatic rings. The van der Waals surface area contributed by atoms with Gasteiger partial charge in [0.05, 0.1) is 5.41 Å². The molecule has 0 saturated carbocycles. The van der Waals surface area contributed by atoms with E-state index in [9.17, 15) is 4.79 Å². The molecule has 1 aliphatic heterocycles. The van der Waals surface area contributed by atoms with E-state index in [0.29, 0.717) is 0 Å². The Hall–Kier alpha value is -0.570. The predicted octanol–water partition coefficient (Wildman–Crippen LogP) is -0.139. The molecule has 0 aromatic rings. The summed E-state index contributed by atoms with van der Waals surface area (Å²) in [5, 5.41) is 3.16. The average molecular weight is 142 g/mol. The summed E-state index contributed by atoms with van der Waals surface area (Å²) in [7, 11) is 0. The zero-order valence-corrected chi connectivity index (χ0v) is 6.31. The summed E-state index contributed by atoms with van der Waals surface area (Å²) in [6.07, 6.45) is 1.98. The van der Waals surface area contributed by atoms with E-state index >= 15 is 0 Å². The minimum Gasteiger partial charge on any atom is -0.369 e. The molecule has 0 aromatic heterocycles. The van der Waals surface area contributed by atoms with Crippen LogP contribution in [-0.4, -0.2) is 19.0 Å². The first kappa shape index (κ1) is 7.54. The summed E-state index contributed by atoms with van der Waals surface area (Å²) in [5.74, 6) is -0.181. The maximum Gasteiger partial charge on any atom is 0.224 e. The van der Waals surface area contributed by atoms with E-state index in [1.165, 1.54) is 0 Å². The van der Waals surface area contributed by atoms with Crippen LogP contribution in [0.5, 0.6) is 0 Å². The van der Waals surface area contributed by atoms with Gasteiger partial charge in [0.1, 0.15) is 0 Å². The SMILES string of the molecule is C[C@@]1(C(N)=O)CCCNC1. The molecule has 1 atom stereocenters. The highest BCUT2D eigenvalue weighted by Gasteiger charge is 2.32. The molecule has 0 aromatic carbocycles. The van der Waals surface area contributed by atoms with Crippen LogP contribution in [0.15, 0.2) is 0 Å². The van der Waals surface area contributed by atoms with E-state index in [-0.39, 0.29) is 11.3 Å². The molecule has 1 saturated heterocycles. The van der Waals surface area contributed by atoms with Crippen molar-refractivity contribution in [2.45, 2.75) is 19.8 Å². The Morgan fingerprint density at radius 3 is 2.70 bits per heavy atom. The maximum absolute atomic E-state index is 10.9. The van der Waals surface area contributed by atoms with E-state index in [1.807, 2.05) is 6.92 Å². The molecule has 1 heterocycles. The summed E-state index contributed by atoms with van der Waals surface area (Å²) in [6, 6.07) is 0. The molecule has 0 radical (unpaired) electrons. The van der Waals surface area contributed by atoms with E-state index in [0.717, 1.165) is 25.9 Å². The number of carbonyl (C=O) groups excluding carboxylic acids is 1. The quantitative estimate of drug-likeness (QED) is 0.535. The van der Waals surface area contributed by atoms with Gasteiger partial charge in [0.15, 0.2) is 0 Å². The lowest BCUT2D eigenvalue weighted by atomic mass is 9.82. The number of amides is 1. The van der Waals surface area contributed by atoms with Gasteiger partial charge >= 0.3 is 0 Å². The molecule has 1 rings (SSSR count). The summed E-state index contributed by atoms with van der Waals surface area (Å²) in [5.41, 5.74) is 4.93. The van der Waals surface area contributed by atoms with Crippen LogP contribution in [0.3, 0.4) is 0 Å². The van der Waals surface area contributed by atoms with E-state index < -0.39 is 0 Å². The van der Waals surface area contributed by atoms with E-state index in [2.05, 4.69) is 5.32 Å². The van der Waals surface area contributed by atoms with Crippen molar-refractivity contribution in [1.29, 1.82) is 0 Å². The molecule has 3 nitrogen and oxygen atoms in total. The van der Waals surface area contributed by atoms with Gasteiger partial charge in [-0.3, -0.25) is 4.79 Å². The largest absolute Gasteiger partial charge is 0.369 e. The minimum atomic E-state index is -0.293. The Balaban J connectivity index is 2.56. The first-order chi connectivity index (χ1) is 4.65. The van der Waals surface area contributed by atoms with Crippen molar-refractivity contribution in [1.82, 2.24) is 5.32 Å². The van der Waals surface area contributed by atoms with Crippen LogP contribution in [0, 0.1) is 5.41 Å². The van der Waals surface area contributed by atoms with Gasteiger partial charge in [-0.25, -0.2) is 0 Å². The highest BCUT2D eigenvalue weighted by atomic mass is 16.1. The first-order valence-electron chi connectivity index (χ1n) is 3.66. The number of nitrogens with one attached hydrogen (secondary N) is 1. The summed E-state index contributed by atoms with van der Waals surface area (Å²) in [4.78, 5) is 10.9. The summed E-state index contributed by atoms with van der Waals surface area (Å²) >= 11 is 0. The average Bonchev–Trinajstić information content (AvgIpc) is 1.89. The third kappa shape index (κ3) is 1.29. The molecule has 0 aliphatic carbocycles. The molecule has 58 valence electrons. The molecule has 1 fully saturated rings. The van der Waals surface area contributed by atoms with Crippen LogP contribution in [0.2, 0.25) is 0 Å². The van der Waals surface area contributed by atoms with Gasteiger partial charge in [-0.1, -0.05) is 0 Å². The smallest absolute Gasteiger partial charge is 0.224 e. The highest BCUT2D eigenvalue weighted by Crippen LogP contribution is 2.24. The highest BCUT2D eigenvalue weighted by molar-refractivity contribution is 5.80. The molecule has 0 spiro atoms. The van der Waals surface area contributed by atoms with Gasteiger partial charge < -0.3 is 11.1 Å². The Kier molecular flexibility index (Phi) is 1.94. The number of carbonyl (C=O) groups is 1. The summed E-state index contributed by atoms with van der Waals surface area (Å²) < 4.78 is 0. The molecular weight excluding hydrogens is 128 g/mol. The first-order valence-corrected chi connectivity index (χ1v) is 3.66. The zero-order chi connectivity index (χ0) is 7.61. The van der Waals surface area contributed by atoms with Crippen molar-refractivity contribution < 1.29 is 4.79 Å². The fourth-order valence-electron chi connectivity index (χ4n) is 1.27. The fourth-order valence-corrected chi connectivity index (χ4v) is 1.27. The third-order valence-electron chi connectivity index (χ3n) is 2.19. The van der Waals surface area contributed by atoms with Crippen molar-refractivity contribution in [2.24, 2.45) is 11.1 Å². The number of hydrogen-bond acceptors (Lipinski definition) is 2. The Bertz CT molecular complexity index is 139. The topological polar surface area (TPSA) is 55.1 Å². The summed E-state index contributed by atoms with van der Waals surface area (Å²) in [6.45, 7) is 3.67. The standard InChI is InChI=1S/C7H14N2O/c1-7(6(8)10)3-2-4-9-5-7/h9H,2-5H2,1H3,(H2,8,10)/t7-/m1/s1. The normalized spacial score (nSPS) is 33.7. The van der Waals surface area contributed by atoms with Gasteiger partial charge in [-0.05, 0) is 26.3 Å². The molecule has 3 N–H and O–H groups in total. The molecule has 1 amide bonds. The maximum atomic E-state index is 10.9. The Morgan fingerprint density at radius 1 is 1.70 bits per heavy atom. The molecule has 0 unspecified atom stereocenters.